The summed E-state index contributed by atoms with van der Waals surface area (Å²) in [5.74, 6) is -1.13. The largest absolute Gasteiger partial charge is 0.356 e. The van der Waals surface area contributed by atoms with Crippen LogP contribution in [0.3, 0.4) is 0 Å². The van der Waals surface area contributed by atoms with Gasteiger partial charge in [0.15, 0.2) is 0 Å². The first-order chi connectivity index (χ1) is 11.7. The Hall–Kier alpha value is -2.61. The number of benzene rings is 1. The van der Waals surface area contributed by atoms with Crippen molar-refractivity contribution in [2.75, 3.05) is 5.32 Å². The van der Waals surface area contributed by atoms with Gasteiger partial charge in [-0.25, -0.2) is 0 Å². The van der Waals surface area contributed by atoms with Crippen LogP contribution in [0.15, 0.2) is 41.0 Å². The standard InChI is InChI=1S/C17H19BrN4O3/c1-17(2,3)16(25)20-12-6-4-5-10(7-12)14(23)21-22-15(24)13-8-11(18)9-19-13/h4-9,19H,1-3H3,(H,20,25)(H,21,23)(H,22,24). The smallest absolute Gasteiger partial charge is 0.286 e. The summed E-state index contributed by atoms with van der Waals surface area (Å²) in [6.45, 7) is 5.40. The summed E-state index contributed by atoms with van der Waals surface area (Å²) in [6, 6.07) is 8.05. The third-order valence-corrected chi connectivity index (χ3v) is 3.70. The number of carbonyl (C=O) groups excluding carboxylic acids is 3. The molecule has 0 unspecified atom stereocenters. The number of anilines is 1. The number of halogens is 1. The van der Waals surface area contributed by atoms with E-state index in [2.05, 4.69) is 37.1 Å². The summed E-state index contributed by atoms with van der Waals surface area (Å²) in [5.41, 5.74) is 5.22. The SMILES string of the molecule is CC(C)(C)C(=O)Nc1cccc(C(=O)NNC(=O)c2cc(Br)c[nH]2)c1. The van der Waals surface area contributed by atoms with E-state index in [0.29, 0.717) is 16.9 Å². The van der Waals surface area contributed by atoms with E-state index in [-0.39, 0.29) is 5.91 Å². The van der Waals surface area contributed by atoms with E-state index in [1.807, 2.05) is 0 Å². The van der Waals surface area contributed by atoms with Crippen molar-refractivity contribution < 1.29 is 14.4 Å². The normalized spacial score (nSPS) is 10.9. The minimum absolute atomic E-state index is 0.157. The van der Waals surface area contributed by atoms with Crippen LogP contribution >= 0.6 is 15.9 Å². The first-order valence-electron chi connectivity index (χ1n) is 7.53. The van der Waals surface area contributed by atoms with Crippen molar-refractivity contribution in [1.29, 1.82) is 0 Å². The highest BCUT2D eigenvalue weighted by Gasteiger charge is 2.21. The predicted octanol–water partition coefficient (Wildman–Crippen LogP) is 2.84. The van der Waals surface area contributed by atoms with Gasteiger partial charge < -0.3 is 10.3 Å². The topological polar surface area (TPSA) is 103 Å². The van der Waals surface area contributed by atoms with Crippen LogP contribution in [-0.4, -0.2) is 22.7 Å². The van der Waals surface area contributed by atoms with Crippen LogP contribution in [0.5, 0.6) is 0 Å². The number of H-pyrrole nitrogens is 1. The lowest BCUT2D eigenvalue weighted by molar-refractivity contribution is -0.123. The number of hydrazine groups is 1. The number of hydrogen-bond acceptors (Lipinski definition) is 3. The van der Waals surface area contributed by atoms with Gasteiger partial charge in [-0.05, 0) is 40.2 Å². The maximum atomic E-state index is 12.2. The van der Waals surface area contributed by atoms with Gasteiger partial charge >= 0.3 is 0 Å². The molecule has 132 valence electrons. The summed E-state index contributed by atoms with van der Waals surface area (Å²) < 4.78 is 0.728. The fraction of sp³-hybridized carbons (Fsp3) is 0.235. The third kappa shape index (κ3) is 5.18. The van der Waals surface area contributed by atoms with Crippen molar-refractivity contribution in [3.05, 3.63) is 52.3 Å². The van der Waals surface area contributed by atoms with Crippen molar-refractivity contribution in [3.63, 3.8) is 0 Å². The number of rotatable bonds is 3. The Balaban J connectivity index is 1.99. The number of aromatic nitrogens is 1. The monoisotopic (exact) mass is 406 g/mol. The van der Waals surface area contributed by atoms with Gasteiger partial charge in [-0.1, -0.05) is 26.8 Å². The molecule has 0 aliphatic heterocycles. The van der Waals surface area contributed by atoms with E-state index >= 15 is 0 Å². The molecule has 7 nitrogen and oxygen atoms in total. The highest BCUT2D eigenvalue weighted by Crippen LogP contribution is 2.18. The van der Waals surface area contributed by atoms with Crippen LogP contribution in [0.4, 0.5) is 5.69 Å². The zero-order chi connectivity index (χ0) is 18.6. The maximum Gasteiger partial charge on any atom is 0.286 e. The molecule has 0 aliphatic carbocycles. The Morgan fingerprint density at radius 1 is 1.04 bits per heavy atom. The quantitative estimate of drug-likeness (QED) is 0.589. The van der Waals surface area contributed by atoms with Crippen molar-refractivity contribution in [2.24, 2.45) is 5.41 Å². The fourth-order valence-corrected chi connectivity index (χ4v) is 2.15. The number of nitrogens with one attached hydrogen (secondary N) is 4. The average Bonchev–Trinajstić information content (AvgIpc) is 2.98. The molecule has 1 aromatic heterocycles. The van der Waals surface area contributed by atoms with Crippen LogP contribution < -0.4 is 16.2 Å². The van der Waals surface area contributed by atoms with E-state index in [9.17, 15) is 14.4 Å². The molecule has 0 aliphatic rings. The number of carbonyl (C=O) groups is 3. The van der Waals surface area contributed by atoms with Gasteiger partial charge in [0.05, 0.1) is 0 Å². The Kier molecular flexibility index (Phi) is 5.63. The highest BCUT2D eigenvalue weighted by atomic mass is 79.9. The summed E-state index contributed by atoms with van der Waals surface area (Å²) in [4.78, 5) is 38.8. The van der Waals surface area contributed by atoms with Gasteiger partial charge in [-0.3, -0.25) is 25.2 Å². The van der Waals surface area contributed by atoms with Gasteiger partial charge in [0.1, 0.15) is 5.69 Å². The lowest BCUT2D eigenvalue weighted by Gasteiger charge is -2.18. The zero-order valence-electron chi connectivity index (χ0n) is 14.1. The summed E-state index contributed by atoms with van der Waals surface area (Å²) in [7, 11) is 0. The van der Waals surface area contributed by atoms with E-state index in [0.717, 1.165) is 4.47 Å². The summed E-state index contributed by atoms with van der Waals surface area (Å²) in [5, 5.41) is 2.75. The number of aromatic amines is 1. The van der Waals surface area contributed by atoms with Gasteiger partial charge in [-0.15, -0.1) is 0 Å². The second kappa shape index (κ2) is 7.52. The molecule has 0 saturated heterocycles. The van der Waals surface area contributed by atoms with E-state index < -0.39 is 17.2 Å². The predicted molar refractivity (Wildman–Crippen MR) is 98.0 cm³/mol. The molecule has 1 heterocycles. The van der Waals surface area contributed by atoms with Crippen molar-refractivity contribution in [2.45, 2.75) is 20.8 Å². The Morgan fingerprint density at radius 3 is 2.32 bits per heavy atom. The molecular weight excluding hydrogens is 388 g/mol. The molecule has 2 aromatic rings. The molecule has 8 heteroatoms. The highest BCUT2D eigenvalue weighted by molar-refractivity contribution is 9.10. The van der Waals surface area contributed by atoms with Crippen molar-refractivity contribution in [3.8, 4) is 0 Å². The second-order valence-corrected chi connectivity index (χ2v) is 7.34. The molecule has 0 saturated carbocycles. The molecule has 1 aromatic carbocycles. The van der Waals surface area contributed by atoms with Gasteiger partial charge in [0.25, 0.3) is 11.8 Å². The van der Waals surface area contributed by atoms with E-state index in [4.69, 9.17) is 0 Å². The third-order valence-electron chi connectivity index (χ3n) is 3.25. The van der Waals surface area contributed by atoms with E-state index in [1.54, 1.807) is 51.2 Å². The van der Waals surface area contributed by atoms with Gasteiger partial charge in [0.2, 0.25) is 5.91 Å². The first-order valence-corrected chi connectivity index (χ1v) is 8.32. The Labute approximate surface area is 153 Å². The van der Waals surface area contributed by atoms with Crippen molar-refractivity contribution >= 4 is 39.3 Å². The van der Waals surface area contributed by atoms with E-state index in [1.165, 1.54) is 6.07 Å². The molecule has 0 atom stereocenters. The zero-order valence-corrected chi connectivity index (χ0v) is 15.7. The summed E-state index contributed by atoms with van der Waals surface area (Å²) in [6.07, 6.45) is 1.61. The molecule has 0 fully saturated rings. The Bertz CT molecular complexity index is 808. The van der Waals surface area contributed by atoms with Crippen molar-refractivity contribution in [1.82, 2.24) is 15.8 Å². The van der Waals surface area contributed by atoms with Crippen LogP contribution in [-0.2, 0) is 4.79 Å². The van der Waals surface area contributed by atoms with Gasteiger partial charge in [-0.2, -0.15) is 0 Å². The molecular formula is C17H19BrN4O3. The number of hydrogen-bond donors (Lipinski definition) is 4. The lowest BCUT2D eigenvalue weighted by Crippen LogP contribution is -2.41. The molecule has 0 bridgehead atoms. The van der Waals surface area contributed by atoms with Crippen LogP contribution in [0.25, 0.3) is 0 Å². The van der Waals surface area contributed by atoms with Crippen LogP contribution in [0.2, 0.25) is 0 Å². The minimum atomic E-state index is -0.545. The molecule has 4 N–H and O–H groups in total. The maximum absolute atomic E-state index is 12.2. The molecule has 3 amide bonds. The first kappa shape index (κ1) is 18.7. The minimum Gasteiger partial charge on any atom is -0.356 e. The second-order valence-electron chi connectivity index (χ2n) is 6.42. The average molecular weight is 407 g/mol. The fourth-order valence-electron chi connectivity index (χ4n) is 1.81. The van der Waals surface area contributed by atoms with Crippen LogP contribution in [0, 0.1) is 5.41 Å². The summed E-state index contributed by atoms with van der Waals surface area (Å²) >= 11 is 3.23. The molecule has 0 spiro atoms. The molecule has 2 rings (SSSR count). The Morgan fingerprint density at radius 2 is 1.72 bits per heavy atom. The number of amides is 3. The van der Waals surface area contributed by atoms with Crippen LogP contribution in [0.1, 0.15) is 41.6 Å². The van der Waals surface area contributed by atoms with Gasteiger partial charge in [0, 0.05) is 27.3 Å². The molecule has 0 radical (unpaired) electrons. The molecule has 25 heavy (non-hydrogen) atoms. The lowest BCUT2D eigenvalue weighted by atomic mass is 9.95.